The summed E-state index contributed by atoms with van der Waals surface area (Å²) in [5, 5.41) is 0. The third kappa shape index (κ3) is 3.20. The molecule has 0 aromatic carbocycles. The number of ether oxygens (including phenoxy) is 1. The minimum absolute atomic E-state index is 0.0563. The first-order valence-electron chi connectivity index (χ1n) is 5.57. The van der Waals surface area contributed by atoms with Crippen molar-refractivity contribution < 1.29 is 14.3 Å². The van der Waals surface area contributed by atoms with Crippen molar-refractivity contribution in [3.8, 4) is 0 Å². The molecule has 0 spiro atoms. The molecule has 1 aliphatic heterocycles. The van der Waals surface area contributed by atoms with Crippen molar-refractivity contribution in [3.63, 3.8) is 0 Å². The average molecular weight is 228 g/mol. The minimum Gasteiger partial charge on any atom is -0.458 e. The van der Waals surface area contributed by atoms with Crippen molar-refractivity contribution in [1.29, 1.82) is 0 Å². The second-order valence-corrected chi connectivity index (χ2v) is 4.98. The van der Waals surface area contributed by atoms with Gasteiger partial charge in [0.05, 0.1) is 6.54 Å². The zero-order valence-corrected chi connectivity index (χ0v) is 10.2. The van der Waals surface area contributed by atoms with Crippen LogP contribution in [-0.4, -0.2) is 41.5 Å². The van der Waals surface area contributed by atoms with E-state index in [0.717, 1.165) is 6.42 Å². The van der Waals surface area contributed by atoms with Gasteiger partial charge in [-0.25, -0.2) is 4.79 Å². The maximum Gasteiger partial charge on any atom is 0.329 e. The predicted molar refractivity (Wildman–Crippen MR) is 59.6 cm³/mol. The summed E-state index contributed by atoms with van der Waals surface area (Å²) in [6, 6.07) is -0.449. The lowest BCUT2D eigenvalue weighted by molar-refractivity contribution is -0.163. The zero-order chi connectivity index (χ0) is 12.3. The fraction of sp³-hybridized carbons (Fsp3) is 0.818. The van der Waals surface area contributed by atoms with Crippen molar-refractivity contribution in [2.75, 3.05) is 13.1 Å². The second-order valence-electron chi connectivity index (χ2n) is 4.98. The Hall–Kier alpha value is -1.10. The van der Waals surface area contributed by atoms with E-state index in [9.17, 15) is 9.59 Å². The van der Waals surface area contributed by atoms with Gasteiger partial charge in [-0.1, -0.05) is 0 Å². The van der Waals surface area contributed by atoms with Crippen LogP contribution in [0, 0.1) is 0 Å². The molecule has 16 heavy (non-hydrogen) atoms. The van der Waals surface area contributed by atoms with Gasteiger partial charge in [-0.05, 0) is 33.6 Å². The summed E-state index contributed by atoms with van der Waals surface area (Å²) in [6.07, 6.45) is 1.50. The van der Waals surface area contributed by atoms with Crippen molar-refractivity contribution in [2.45, 2.75) is 45.3 Å². The molecule has 5 nitrogen and oxygen atoms in total. The molecule has 1 rings (SSSR count). The molecule has 0 aromatic rings. The molecule has 1 unspecified atom stereocenters. The standard InChI is InChI=1S/C11H20N2O3/c1-11(2,3)16-10(15)8-5-4-6-13(8)9(14)7-12/h8H,4-7,12H2,1-3H3. The van der Waals surface area contributed by atoms with Gasteiger partial charge in [-0.3, -0.25) is 4.79 Å². The van der Waals surface area contributed by atoms with E-state index < -0.39 is 11.6 Å². The van der Waals surface area contributed by atoms with Crippen molar-refractivity contribution in [2.24, 2.45) is 5.73 Å². The Kier molecular flexibility index (Phi) is 3.91. The number of hydrogen-bond acceptors (Lipinski definition) is 4. The average Bonchev–Trinajstić information content (AvgIpc) is 2.62. The van der Waals surface area contributed by atoms with E-state index >= 15 is 0 Å². The Labute approximate surface area is 95.9 Å². The third-order valence-electron chi connectivity index (χ3n) is 2.43. The summed E-state index contributed by atoms with van der Waals surface area (Å²) in [4.78, 5) is 24.8. The summed E-state index contributed by atoms with van der Waals surface area (Å²) >= 11 is 0. The maximum absolute atomic E-state index is 11.8. The second kappa shape index (κ2) is 4.82. The van der Waals surface area contributed by atoms with Gasteiger partial charge in [0.25, 0.3) is 0 Å². The van der Waals surface area contributed by atoms with Crippen LogP contribution in [0.1, 0.15) is 33.6 Å². The van der Waals surface area contributed by atoms with E-state index in [0.29, 0.717) is 13.0 Å². The molecule has 1 saturated heterocycles. The van der Waals surface area contributed by atoms with Crippen LogP contribution in [0.5, 0.6) is 0 Å². The van der Waals surface area contributed by atoms with Crippen LogP contribution in [0.25, 0.3) is 0 Å². The first-order chi connectivity index (χ1) is 7.35. The molecular formula is C11H20N2O3. The molecule has 0 radical (unpaired) electrons. The van der Waals surface area contributed by atoms with Crippen LogP contribution in [0.3, 0.4) is 0 Å². The van der Waals surface area contributed by atoms with Crippen molar-refractivity contribution >= 4 is 11.9 Å². The van der Waals surface area contributed by atoms with E-state index in [1.165, 1.54) is 4.90 Å². The van der Waals surface area contributed by atoms with E-state index in [1.54, 1.807) is 0 Å². The van der Waals surface area contributed by atoms with E-state index in [4.69, 9.17) is 10.5 Å². The normalized spacial score (nSPS) is 21.0. The number of carbonyl (C=O) groups is 2. The quantitative estimate of drug-likeness (QED) is 0.689. The molecule has 0 saturated carbocycles. The van der Waals surface area contributed by atoms with Gasteiger partial charge in [-0.2, -0.15) is 0 Å². The highest BCUT2D eigenvalue weighted by atomic mass is 16.6. The molecule has 1 fully saturated rings. The number of amides is 1. The highest BCUT2D eigenvalue weighted by molar-refractivity contribution is 5.86. The summed E-state index contributed by atoms with van der Waals surface area (Å²) in [6.45, 7) is 5.98. The molecule has 92 valence electrons. The van der Waals surface area contributed by atoms with Gasteiger partial charge in [-0.15, -0.1) is 0 Å². The Morgan fingerprint density at radius 2 is 2.06 bits per heavy atom. The van der Waals surface area contributed by atoms with Gasteiger partial charge >= 0.3 is 5.97 Å². The fourth-order valence-electron chi connectivity index (χ4n) is 1.80. The number of rotatable bonds is 2. The number of esters is 1. The van der Waals surface area contributed by atoms with Crippen LogP contribution >= 0.6 is 0 Å². The molecule has 0 aliphatic carbocycles. The first-order valence-corrected chi connectivity index (χ1v) is 5.57. The van der Waals surface area contributed by atoms with Gasteiger partial charge in [0.2, 0.25) is 5.91 Å². The number of nitrogens with zero attached hydrogens (tertiary/aromatic N) is 1. The number of carbonyl (C=O) groups excluding carboxylic acids is 2. The molecular weight excluding hydrogens is 208 g/mol. The third-order valence-corrected chi connectivity index (χ3v) is 2.43. The number of likely N-dealkylation sites (tertiary alicyclic amines) is 1. The molecule has 2 N–H and O–H groups in total. The lowest BCUT2D eigenvalue weighted by atomic mass is 10.1. The Bertz CT molecular complexity index is 283. The molecule has 0 bridgehead atoms. The van der Waals surface area contributed by atoms with Crippen LogP contribution in [-0.2, 0) is 14.3 Å². The maximum atomic E-state index is 11.8. The van der Waals surface area contributed by atoms with E-state index in [1.807, 2.05) is 20.8 Å². The Morgan fingerprint density at radius 3 is 2.56 bits per heavy atom. The Balaban J connectivity index is 2.65. The topological polar surface area (TPSA) is 72.6 Å². The molecule has 0 aromatic heterocycles. The monoisotopic (exact) mass is 228 g/mol. The highest BCUT2D eigenvalue weighted by Gasteiger charge is 2.36. The summed E-state index contributed by atoms with van der Waals surface area (Å²) in [5.41, 5.74) is 4.78. The first kappa shape index (κ1) is 13.0. The van der Waals surface area contributed by atoms with Crippen LogP contribution in [0.4, 0.5) is 0 Å². The lowest BCUT2D eigenvalue weighted by Crippen LogP contribution is -2.45. The Morgan fingerprint density at radius 1 is 1.44 bits per heavy atom. The van der Waals surface area contributed by atoms with Crippen LogP contribution in [0.2, 0.25) is 0 Å². The van der Waals surface area contributed by atoms with Crippen molar-refractivity contribution in [3.05, 3.63) is 0 Å². The smallest absolute Gasteiger partial charge is 0.329 e. The highest BCUT2D eigenvalue weighted by Crippen LogP contribution is 2.20. The number of nitrogens with two attached hydrogens (primary N) is 1. The van der Waals surface area contributed by atoms with Crippen LogP contribution < -0.4 is 5.73 Å². The van der Waals surface area contributed by atoms with E-state index in [2.05, 4.69) is 0 Å². The SMILES string of the molecule is CC(C)(C)OC(=O)C1CCCN1C(=O)CN. The van der Waals surface area contributed by atoms with Gasteiger partial charge in [0.1, 0.15) is 11.6 Å². The summed E-state index contributed by atoms with van der Waals surface area (Å²) in [5.74, 6) is -0.514. The molecule has 1 heterocycles. The molecule has 1 amide bonds. The number of hydrogen-bond donors (Lipinski definition) is 1. The summed E-state index contributed by atoms with van der Waals surface area (Å²) in [7, 11) is 0. The predicted octanol–water partition coefficient (Wildman–Crippen LogP) is 0.278. The zero-order valence-electron chi connectivity index (χ0n) is 10.2. The minimum atomic E-state index is -0.517. The lowest BCUT2D eigenvalue weighted by Gasteiger charge is -2.27. The largest absolute Gasteiger partial charge is 0.458 e. The fourth-order valence-corrected chi connectivity index (χ4v) is 1.80. The molecule has 1 atom stereocenters. The van der Waals surface area contributed by atoms with Gasteiger partial charge < -0.3 is 15.4 Å². The van der Waals surface area contributed by atoms with Gasteiger partial charge in [0.15, 0.2) is 0 Å². The van der Waals surface area contributed by atoms with Gasteiger partial charge in [0, 0.05) is 6.54 Å². The molecule has 1 aliphatic rings. The van der Waals surface area contributed by atoms with Crippen molar-refractivity contribution in [1.82, 2.24) is 4.90 Å². The summed E-state index contributed by atoms with van der Waals surface area (Å²) < 4.78 is 5.27. The van der Waals surface area contributed by atoms with Crippen LogP contribution in [0.15, 0.2) is 0 Å². The molecule has 5 heteroatoms. The van der Waals surface area contributed by atoms with E-state index in [-0.39, 0.29) is 18.4 Å².